The molecule has 1 aromatic rings. The number of carbonyl (C=O) groups is 2. The third-order valence-electron chi connectivity index (χ3n) is 2.55. The lowest BCUT2D eigenvalue weighted by Gasteiger charge is -2.16. The van der Waals surface area contributed by atoms with E-state index in [0.29, 0.717) is 0 Å². The van der Waals surface area contributed by atoms with Gasteiger partial charge >= 0.3 is 5.97 Å². The fourth-order valence-electron chi connectivity index (χ4n) is 1.55. The summed E-state index contributed by atoms with van der Waals surface area (Å²) in [4.78, 5) is 23.5. The maximum atomic E-state index is 12.1. The largest absolute Gasteiger partial charge is 0.480 e. The molecule has 0 radical (unpaired) electrons. The third-order valence-corrected chi connectivity index (χ3v) is 4.34. The van der Waals surface area contributed by atoms with Crippen LogP contribution in [0.2, 0.25) is 0 Å². The highest BCUT2D eigenvalue weighted by atomic mass is 32.2. The Bertz CT molecular complexity index is 594. The number of carboxylic acid groups (broad SMARTS) is 1. The smallest absolute Gasteiger partial charge is 0.323 e. The van der Waals surface area contributed by atoms with Crippen LogP contribution >= 0.6 is 0 Å². The Morgan fingerprint density at radius 3 is 2.37 bits per heavy atom. The number of nitrogens with zero attached hydrogens (tertiary/aromatic N) is 1. The molecule has 0 aromatic heterocycles. The Kier molecular flexibility index (Phi) is 4.66. The molecule has 0 heterocycles. The van der Waals surface area contributed by atoms with Crippen LogP contribution in [0.25, 0.3) is 0 Å². The van der Waals surface area contributed by atoms with Crippen molar-refractivity contribution in [3.63, 3.8) is 0 Å². The maximum absolute atomic E-state index is 12.1. The van der Waals surface area contributed by atoms with Crippen LogP contribution in [0.3, 0.4) is 0 Å². The number of rotatable bonds is 5. The quantitative estimate of drug-likeness (QED) is 0.857. The van der Waals surface area contributed by atoms with Gasteiger partial charge in [-0.1, -0.05) is 19.1 Å². The van der Waals surface area contributed by atoms with Gasteiger partial charge < -0.3 is 10.0 Å². The van der Waals surface area contributed by atoms with Gasteiger partial charge in [-0.05, 0) is 12.1 Å². The summed E-state index contributed by atoms with van der Waals surface area (Å²) in [6.07, 6.45) is 0. The summed E-state index contributed by atoms with van der Waals surface area (Å²) in [6, 6.07) is 5.79. The first-order valence-corrected chi connectivity index (χ1v) is 7.24. The number of hydrogen-bond donors (Lipinski definition) is 1. The molecule has 0 aliphatic carbocycles. The predicted octanol–water partition coefficient (Wildman–Crippen LogP) is 0.637. The molecule has 1 aromatic carbocycles. The molecule has 0 aliphatic heterocycles. The number of aliphatic carboxylic acids is 1. The lowest BCUT2D eigenvalue weighted by atomic mass is 10.2. The molecule has 19 heavy (non-hydrogen) atoms. The van der Waals surface area contributed by atoms with E-state index in [1.807, 2.05) is 0 Å². The van der Waals surface area contributed by atoms with Crippen molar-refractivity contribution in [2.45, 2.75) is 11.8 Å². The molecule has 104 valence electrons. The zero-order valence-corrected chi connectivity index (χ0v) is 11.5. The van der Waals surface area contributed by atoms with E-state index in [2.05, 4.69) is 0 Å². The van der Waals surface area contributed by atoms with Gasteiger partial charge in [0.15, 0.2) is 9.84 Å². The van der Waals surface area contributed by atoms with Crippen molar-refractivity contribution in [1.82, 2.24) is 4.90 Å². The van der Waals surface area contributed by atoms with Gasteiger partial charge in [-0.3, -0.25) is 9.59 Å². The Morgan fingerprint density at radius 2 is 1.84 bits per heavy atom. The van der Waals surface area contributed by atoms with E-state index in [0.717, 1.165) is 4.90 Å². The Morgan fingerprint density at radius 1 is 1.26 bits per heavy atom. The highest BCUT2D eigenvalue weighted by molar-refractivity contribution is 7.91. The van der Waals surface area contributed by atoms with E-state index in [4.69, 9.17) is 5.11 Å². The van der Waals surface area contributed by atoms with E-state index in [1.54, 1.807) is 0 Å². The van der Waals surface area contributed by atoms with E-state index in [-0.39, 0.29) is 16.2 Å². The lowest BCUT2D eigenvalue weighted by Crippen LogP contribution is -2.32. The Balaban J connectivity index is 3.22. The van der Waals surface area contributed by atoms with Crippen LogP contribution in [0.15, 0.2) is 29.2 Å². The fourth-order valence-corrected chi connectivity index (χ4v) is 2.64. The van der Waals surface area contributed by atoms with Gasteiger partial charge in [0.05, 0.1) is 16.2 Å². The van der Waals surface area contributed by atoms with Gasteiger partial charge in [0.2, 0.25) is 0 Å². The maximum Gasteiger partial charge on any atom is 0.323 e. The highest BCUT2D eigenvalue weighted by Crippen LogP contribution is 2.18. The molecule has 0 spiro atoms. The first-order chi connectivity index (χ1) is 8.79. The summed E-state index contributed by atoms with van der Waals surface area (Å²) < 4.78 is 23.8. The third kappa shape index (κ3) is 3.54. The number of sulfone groups is 1. The number of amides is 1. The number of hydrogen-bond acceptors (Lipinski definition) is 4. The second kappa shape index (κ2) is 5.83. The molecule has 0 atom stereocenters. The Labute approximate surface area is 111 Å². The lowest BCUT2D eigenvalue weighted by molar-refractivity contribution is -0.137. The van der Waals surface area contributed by atoms with Gasteiger partial charge in [0.1, 0.15) is 6.54 Å². The van der Waals surface area contributed by atoms with Gasteiger partial charge in [0, 0.05) is 7.05 Å². The Hall–Kier alpha value is -1.89. The molecule has 1 rings (SSSR count). The normalized spacial score (nSPS) is 11.1. The van der Waals surface area contributed by atoms with E-state index >= 15 is 0 Å². The molecule has 0 saturated carbocycles. The van der Waals surface area contributed by atoms with Crippen LogP contribution < -0.4 is 0 Å². The molecule has 0 aliphatic rings. The zero-order chi connectivity index (χ0) is 14.6. The van der Waals surface area contributed by atoms with Crippen LogP contribution in [-0.4, -0.2) is 49.6 Å². The highest BCUT2D eigenvalue weighted by Gasteiger charge is 2.23. The van der Waals surface area contributed by atoms with E-state index in [9.17, 15) is 18.0 Å². The molecule has 0 bridgehead atoms. The van der Waals surface area contributed by atoms with E-state index in [1.165, 1.54) is 38.2 Å². The van der Waals surface area contributed by atoms with Crippen LogP contribution in [0.1, 0.15) is 17.3 Å². The summed E-state index contributed by atoms with van der Waals surface area (Å²) in [5.74, 6) is -1.92. The molecule has 1 amide bonds. The average molecular weight is 285 g/mol. The monoisotopic (exact) mass is 285 g/mol. The van der Waals surface area contributed by atoms with Gasteiger partial charge in [-0.25, -0.2) is 8.42 Å². The van der Waals surface area contributed by atoms with Gasteiger partial charge in [-0.2, -0.15) is 0 Å². The number of carbonyl (C=O) groups excluding carboxylic acids is 1. The first kappa shape index (κ1) is 15.2. The van der Waals surface area contributed by atoms with Crippen molar-refractivity contribution >= 4 is 21.7 Å². The van der Waals surface area contributed by atoms with E-state index < -0.39 is 28.3 Å². The second-order valence-electron chi connectivity index (χ2n) is 3.95. The summed E-state index contributed by atoms with van der Waals surface area (Å²) in [5, 5.41) is 8.64. The average Bonchev–Trinajstić information content (AvgIpc) is 2.37. The van der Waals surface area contributed by atoms with Crippen molar-refractivity contribution in [1.29, 1.82) is 0 Å². The topological polar surface area (TPSA) is 91.8 Å². The fraction of sp³-hybridized carbons (Fsp3) is 0.333. The summed E-state index contributed by atoms with van der Waals surface area (Å²) >= 11 is 0. The predicted molar refractivity (Wildman–Crippen MR) is 68.8 cm³/mol. The molecule has 7 heteroatoms. The van der Waals surface area contributed by atoms with Crippen molar-refractivity contribution in [3.8, 4) is 0 Å². The minimum atomic E-state index is -3.53. The summed E-state index contributed by atoms with van der Waals surface area (Å²) in [6.45, 7) is 0.997. The van der Waals surface area contributed by atoms with Crippen molar-refractivity contribution < 1.29 is 23.1 Å². The van der Waals surface area contributed by atoms with Crippen LogP contribution in [0, 0.1) is 0 Å². The first-order valence-electron chi connectivity index (χ1n) is 5.58. The zero-order valence-electron chi connectivity index (χ0n) is 10.7. The molecule has 1 N–H and O–H groups in total. The molecule has 0 fully saturated rings. The number of carboxylic acids is 1. The van der Waals surface area contributed by atoms with Crippen molar-refractivity contribution in [2.75, 3.05) is 19.3 Å². The molecule has 0 unspecified atom stereocenters. The number of benzene rings is 1. The minimum absolute atomic E-state index is 0.00639. The minimum Gasteiger partial charge on any atom is -0.480 e. The van der Waals surface area contributed by atoms with Crippen LogP contribution in [0.4, 0.5) is 0 Å². The molecular formula is C12H15NO5S. The standard InChI is InChI=1S/C12H15NO5S/c1-3-19(17,18)10-7-5-4-6-9(10)12(16)13(2)8-11(14)15/h4-7H,3,8H2,1-2H3,(H,14,15). The van der Waals surface area contributed by atoms with Gasteiger partial charge in [-0.15, -0.1) is 0 Å². The second-order valence-corrected chi connectivity index (χ2v) is 6.20. The summed E-state index contributed by atoms with van der Waals surface area (Å²) in [7, 11) is -2.22. The number of likely N-dealkylation sites (N-methyl/N-ethyl adjacent to an activating group) is 1. The van der Waals surface area contributed by atoms with Crippen LogP contribution in [-0.2, 0) is 14.6 Å². The van der Waals surface area contributed by atoms with Crippen LogP contribution in [0.5, 0.6) is 0 Å². The van der Waals surface area contributed by atoms with Gasteiger partial charge in [0.25, 0.3) is 5.91 Å². The van der Waals surface area contributed by atoms with Crippen molar-refractivity contribution in [3.05, 3.63) is 29.8 Å². The summed E-state index contributed by atoms with van der Waals surface area (Å²) in [5.41, 5.74) is -0.00639. The molecule has 6 nitrogen and oxygen atoms in total. The van der Waals surface area contributed by atoms with Crippen molar-refractivity contribution in [2.24, 2.45) is 0 Å². The molecule has 0 saturated heterocycles. The molecular weight excluding hydrogens is 270 g/mol. The SMILES string of the molecule is CCS(=O)(=O)c1ccccc1C(=O)N(C)CC(=O)O.